The summed E-state index contributed by atoms with van der Waals surface area (Å²) in [7, 11) is 0. The van der Waals surface area contributed by atoms with Crippen molar-refractivity contribution in [1.29, 1.82) is 0 Å². The maximum atomic E-state index is 12.5. The number of hydrogen-bond acceptors (Lipinski definition) is 2. The molecule has 3 nitrogen and oxygen atoms in total. The maximum Gasteiger partial charge on any atom is 0.224 e. The highest BCUT2D eigenvalue weighted by molar-refractivity contribution is 6.30. The highest BCUT2D eigenvalue weighted by Crippen LogP contribution is 2.36. The largest absolute Gasteiger partial charge is 0.336 e. The van der Waals surface area contributed by atoms with E-state index in [4.69, 9.17) is 17.3 Å². The standard InChI is InChI=1S/C16H21ClN2O/c17-13-4-1-3-12(9-13)15-5-2-8-19(15)16(20)10-14(18)11-6-7-11/h1,3-4,9,11,14-15H,2,5-8,10,18H2. The van der Waals surface area contributed by atoms with E-state index >= 15 is 0 Å². The van der Waals surface area contributed by atoms with Gasteiger partial charge in [-0.3, -0.25) is 4.79 Å². The molecule has 0 bridgehead atoms. The van der Waals surface area contributed by atoms with Crippen LogP contribution in [0, 0.1) is 5.92 Å². The molecule has 3 rings (SSSR count). The van der Waals surface area contributed by atoms with E-state index in [0.717, 1.165) is 30.0 Å². The second kappa shape index (κ2) is 5.74. The molecule has 1 aromatic carbocycles. The summed E-state index contributed by atoms with van der Waals surface area (Å²) in [6.45, 7) is 0.841. The molecule has 1 heterocycles. The Morgan fingerprint density at radius 2 is 2.20 bits per heavy atom. The number of nitrogens with two attached hydrogens (primary N) is 1. The minimum absolute atomic E-state index is 0.0445. The second-order valence-corrected chi connectivity index (χ2v) is 6.44. The van der Waals surface area contributed by atoms with Gasteiger partial charge < -0.3 is 10.6 Å². The first-order valence-corrected chi connectivity index (χ1v) is 7.83. The van der Waals surface area contributed by atoms with Crippen molar-refractivity contribution in [2.45, 2.75) is 44.2 Å². The molecule has 2 atom stereocenters. The Morgan fingerprint density at radius 3 is 2.90 bits per heavy atom. The molecule has 2 aliphatic rings. The van der Waals surface area contributed by atoms with Crippen LogP contribution in [0.15, 0.2) is 24.3 Å². The maximum absolute atomic E-state index is 12.5. The number of nitrogens with zero attached hydrogens (tertiary/aromatic N) is 1. The Hall–Kier alpha value is -1.06. The molecule has 0 spiro atoms. The van der Waals surface area contributed by atoms with Crippen LogP contribution in [0.3, 0.4) is 0 Å². The smallest absolute Gasteiger partial charge is 0.224 e. The Labute approximate surface area is 125 Å². The first kappa shape index (κ1) is 13.9. The fourth-order valence-corrected chi connectivity index (χ4v) is 3.33. The van der Waals surface area contributed by atoms with E-state index < -0.39 is 0 Å². The van der Waals surface area contributed by atoms with Crippen LogP contribution in [0.25, 0.3) is 0 Å². The number of benzene rings is 1. The summed E-state index contributed by atoms with van der Waals surface area (Å²) < 4.78 is 0. The quantitative estimate of drug-likeness (QED) is 0.927. The summed E-state index contributed by atoms with van der Waals surface area (Å²) in [4.78, 5) is 14.5. The van der Waals surface area contributed by atoms with Gasteiger partial charge in [0.2, 0.25) is 5.91 Å². The monoisotopic (exact) mass is 292 g/mol. The van der Waals surface area contributed by atoms with Crippen molar-refractivity contribution in [2.75, 3.05) is 6.54 Å². The van der Waals surface area contributed by atoms with Crippen LogP contribution in [0.5, 0.6) is 0 Å². The van der Waals surface area contributed by atoms with E-state index in [1.54, 1.807) is 0 Å². The average Bonchev–Trinajstić information content (AvgIpc) is 3.15. The highest BCUT2D eigenvalue weighted by Gasteiger charge is 2.34. The molecule has 1 aromatic rings. The van der Waals surface area contributed by atoms with Crippen molar-refractivity contribution in [1.82, 2.24) is 4.90 Å². The van der Waals surface area contributed by atoms with E-state index in [2.05, 4.69) is 6.07 Å². The summed E-state index contributed by atoms with van der Waals surface area (Å²) in [5.41, 5.74) is 7.23. The molecule has 20 heavy (non-hydrogen) atoms. The molecule has 0 aromatic heterocycles. The van der Waals surface area contributed by atoms with Crippen LogP contribution >= 0.6 is 11.6 Å². The summed E-state index contributed by atoms with van der Waals surface area (Å²) in [5, 5.41) is 0.733. The number of rotatable bonds is 4. The average molecular weight is 293 g/mol. The lowest BCUT2D eigenvalue weighted by Crippen LogP contribution is -2.36. The first-order valence-electron chi connectivity index (χ1n) is 7.45. The molecule has 1 saturated carbocycles. The molecule has 1 aliphatic carbocycles. The molecule has 4 heteroatoms. The third-order valence-electron chi connectivity index (χ3n) is 4.44. The van der Waals surface area contributed by atoms with Crippen LogP contribution in [0.1, 0.15) is 43.7 Å². The SMILES string of the molecule is NC(CC(=O)N1CCCC1c1cccc(Cl)c1)C1CC1. The number of amides is 1. The van der Waals surface area contributed by atoms with Gasteiger partial charge in [-0.25, -0.2) is 0 Å². The van der Waals surface area contributed by atoms with Gasteiger partial charge in [0.1, 0.15) is 0 Å². The molecular weight excluding hydrogens is 272 g/mol. The van der Waals surface area contributed by atoms with Crippen LogP contribution in [-0.2, 0) is 4.79 Å². The third kappa shape index (κ3) is 2.99. The van der Waals surface area contributed by atoms with Gasteiger partial charge >= 0.3 is 0 Å². The van der Waals surface area contributed by atoms with Crippen molar-refractivity contribution in [2.24, 2.45) is 11.7 Å². The minimum Gasteiger partial charge on any atom is -0.336 e. The summed E-state index contributed by atoms with van der Waals surface area (Å²) >= 11 is 6.06. The minimum atomic E-state index is 0.0445. The van der Waals surface area contributed by atoms with Gasteiger partial charge in [-0.05, 0) is 49.3 Å². The number of likely N-dealkylation sites (tertiary alicyclic amines) is 1. The van der Waals surface area contributed by atoms with Crippen molar-refractivity contribution in [3.05, 3.63) is 34.9 Å². The van der Waals surface area contributed by atoms with Crippen LogP contribution in [0.4, 0.5) is 0 Å². The molecular formula is C16H21ClN2O. The lowest BCUT2D eigenvalue weighted by atomic mass is 10.0. The molecule has 0 radical (unpaired) electrons. The molecule has 1 saturated heterocycles. The van der Waals surface area contributed by atoms with Crippen LogP contribution in [0.2, 0.25) is 5.02 Å². The zero-order chi connectivity index (χ0) is 14.1. The number of halogens is 1. The molecule has 2 N–H and O–H groups in total. The Balaban J connectivity index is 1.69. The first-order chi connectivity index (χ1) is 9.65. The van der Waals surface area contributed by atoms with Crippen molar-refractivity contribution in [3.63, 3.8) is 0 Å². The Morgan fingerprint density at radius 1 is 1.40 bits per heavy atom. The fourth-order valence-electron chi connectivity index (χ4n) is 3.14. The van der Waals surface area contributed by atoms with Gasteiger partial charge in [-0.1, -0.05) is 23.7 Å². The van der Waals surface area contributed by atoms with E-state index in [1.807, 2.05) is 23.1 Å². The predicted molar refractivity (Wildman–Crippen MR) is 80.5 cm³/mol. The lowest BCUT2D eigenvalue weighted by molar-refractivity contribution is -0.132. The lowest BCUT2D eigenvalue weighted by Gasteiger charge is -2.26. The van der Waals surface area contributed by atoms with Gasteiger partial charge in [0, 0.05) is 24.0 Å². The van der Waals surface area contributed by atoms with Gasteiger partial charge in [0.05, 0.1) is 6.04 Å². The van der Waals surface area contributed by atoms with E-state index in [-0.39, 0.29) is 18.0 Å². The Kier molecular flexibility index (Phi) is 3.99. The second-order valence-electron chi connectivity index (χ2n) is 6.01. The number of carbonyl (C=O) groups excluding carboxylic acids is 1. The van der Waals surface area contributed by atoms with Gasteiger partial charge in [0.25, 0.3) is 0 Å². The molecule has 108 valence electrons. The van der Waals surface area contributed by atoms with E-state index in [0.29, 0.717) is 12.3 Å². The predicted octanol–water partition coefficient (Wildman–Crippen LogP) is 3.13. The summed E-state index contributed by atoms with van der Waals surface area (Å²) in [6.07, 6.45) is 4.94. The summed E-state index contributed by atoms with van der Waals surface area (Å²) in [6, 6.07) is 8.07. The van der Waals surface area contributed by atoms with Crippen LogP contribution < -0.4 is 5.73 Å². The zero-order valence-corrected chi connectivity index (χ0v) is 12.4. The molecule has 1 amide bonds. The normalized spacial score (nSPS) is 23.9. The number of carbonyl (C=O) groups is 1. The fraction of sp³-hybridized carbons (Fsp3) is 0.562. The van der Waals surface area contributed by atoms with E-state index in [9.17, 15) is 4.79 Å². The Bertz CT molecular complexity index is 501. The van der Waals surface area contributed by atoms with Gasteiger partial charge in [0.15, 0.2) is 0 Å². The zero-order valence-electron chi connectivity index (χ0n) is 11.6. The molecule has 2 fully saturated rings. The van der Waals surface area contributed by atoms with Gasteiger partial charge in [-0.15, -0.1) is 0 Å². The summed E-state index contributed by atoms with van der Waals surface area (Å²) in [5.74, 6) is 0.776. The van der Waals surface area contributed by atoms with Crippen molar-refractivity contribution >= 4 is 17.5 Å². The van der Waals surface area contributed by atoms with Crippen molar-refractivity contribution in [3.8, 4) is 0 Å². The molecule has 2 unspecified atom stereocenters. The number of hydrogen-bond donors (Lipinski definition) is 1. The third-order valence-corrected chi connectivity index (χ3v) is 4.68. The topological polar surface area (TPSA) is 46.3 Å². The van der Waals surface area contributed by atoms with Crippen LogP contribution in [-0.4, -0.2) is 23.4 Å². The van der Waals surface area contributed by atoms with Crippen molar-refractivity contribution < 1.29 is 4.79 Å². The van der Waals surface area contributed by atoms with Gasteiger partial charge in [-0.2, -0.15) is 0 Å². The van der Waals surface area contributed by atoms with E-state index in [1.165, 1.54) is 12.8 Å². The highest BCUT2D eigenvalue weighted by atomic mass is 35.5. The molecule has 1 aliphatic heterocycles.